The predicted molar refractivity (Wildman–Crippen MR) is 85.6 cm³/mol. The Morgan fingerprint density at radius 1 is 1.48 bits per heavy atom. The third-order valence-corrected chi connectivity index (χ3v) is 4.23. The van der Waals surface area contributed by atoms with Crippen LogP contribution in [0.2, 0.25) is 0 Å². The summed E-state index contributed by atoms with van der Waals surface area (Å²) in [6, 6.07) is 1.88. The average molecular weight is 307 g/mol. The van der Waals surface area contributed by atoms with E-state index in [4.69, 9.17) is 0 Å². The second kappa shape index (κ2) is 7.36. The van der Waals surface area contributed by atoms with E-state index < -0.39 is 0 Å². The van der Waals surface area contributed by atoms with Crippen molar-refractivity contribution in [3.8, 4) is 0 Å². The number of fused-ring (bicyclic) bond motifs is 1. The van der Waals surface area contributed by atoms with Gasteiger partial charge >= 0.3 is 0 Å². The van der Waals surface area contributed by atoms with Gasteiger partial charge < -0.3 is 5.32 Å². The first-order valence-electron chi connectivity index (χ1n) is 7.33. The Hall–Kier alpha value is -1.69. The first-order chi connectivity index (χ1) is 10.1. The standard InChI is InChI=1S/C15H21N3O2S/c1-3-4-5-6-11(2)17-13(19)9-18-10-16-14-12(15(18)20)7-8-21-14/h7-8,10-11H,3-6,9H2,1-2H3,(H,17,19). The van der Waals surface area contributed by atoms with Gasteiger partial charge in [-0.3, -0.25) is 14.2 Å². The van der Waals surface area contributed by atoms with Crippen molar-refractivity contribution >= 4 is 27.5 Å². The molecule has 0 fully saturated rings. The molecule has 6 heteroatoms. The number of hydrogen-bond acceptors (Lipinski definition) is 4. The van der Waals surface area contributed by atoms with Gasteiger partial charge in [0.1, 0.15) is 11.4 Å². The summed E-state index contributed by atoms with van der Waals surface area (Å²) in [6.45, 7) is 4.18. The number of amides is 1. The summed E-state index contributed by atoms with van der Waals surface area (Å²) < 4.78 is 1.36. The molecular weight excluding hydrogens is 286 g/mol. The molecule has 2 aromatic rings. The van der Waals surface area contributed by atoms with E-state index in [2.05, 4.69) is 17.2 Å². The minimum Gasteiger partial charge on any atom is -0.352 e. The van der Waals surface area contributed by atoms with Crippen LogP contribution in [-0.2, 0) is 11.3 Å². The molecule has 114 valence electrons. The second-order valence-electron chi connectivity index (χ2n) is 5.28. The van der Waals surface area contributed by atoms with Crippen LogP contribution in [0.15, 0.2) is 22.6 Å². The van der Waals surface area contributed by atoms with Crippen LogP contribution in [0.5, 0.6) is 0 Å². The van der Waals surface area contributed by atoms with Crippen molar-refractivity contribution in [3.05, 3.63) is 28.1 Å². The molecule has 5 nitrogen and oxygen atoms in total. The van der Waals surface area contributed by atoms with Crippen LogP contribution in [0.1, 0.15) is 39.5 Å². The normalized spacial score (nSPS) is 12.5. The average Bonchev–Trinajstić information content (AvgIpc) is 2.91. The molecule has 2 heterocycles. The van der Waals surface area contributed by atoms with Crippen molar-refractivity contribution in [1.29, 1.82) is 0 Å². The molecule has 1 atom stereocenters. The minimum atomic E-state index is -0.157. The zero-order valence-corrected chi connectivity index (χ0v) is 13.3. The Kier molecular flexibility index (Phi) is 5.50. The van der Waals surface area contributed by atoms with E-state index in [1.807, 2.05) is 12.3 Å². The summed E-state index contributed by atoms with van der Waals surface area (Å²) >= 11 is 1.43. The van der Waals surface area contributed by atoms with Crippen LogP contribution in [0.25, 0.3) is 10.2 Å². The number of aromatic nitrogens is 2. The molecule has 0 saturated carbocycles. The topological polar surface area (TPSA) is 64.0 Å². The molecule has 0 aliphatic rings. The van der Waals surface area contributed by atoms with Gasteiger partial charge in [-0.2, -0.15) is 0 Å². The highest BCUT2D eigenvalue weighted by Crippen LogP contribution is 2.13. The highest BCUT2D eigenvalue weighted by Gasteiger charge is 2.11. The second-order valence-corrected chi connectivity index (χ2v) is 6.18. The fraction of sp³-hybridized carbons (Fsp3) is 0.533. The molecular formula is C15H21N3O2S. The zero-order chi connectivity index (χ0) is 15.2. The summed E-state index contributed by atoms with van der Waals surface area (Å²) in [7, 11) is 0. The van der Waals surface area contributed by atoms with Crippen molar-refractivity contribution in [3.63, 3.8) is 0 Å². The number of thiophene rings is 1. The zero-order valence-electron chi connectivity index (χ0n) is 12.5. The number of nitrogens with zero attached hydrogens (tertiary/aromatic N) is 2. The molecule has 0 aromatic carbocycles. The van der Waals surface area contributed by atoms with Crippen molar-refractivity contribution < 1.29 is 4.79 Å². The molecule has 21 heavy (non-hydrogen) atoms. The Morgan fingerprint density at radius 2 is 2.29 bits per heavy atom. The van der Waals surface area contributed by atoms with Crippen LogP contribution >= 0.6 is 11.3 Å². The van der Waals surface area contributed by atoms with Crippen LogP contribution in [0.4, 0.5) is 0 Å². The maximum atomic E-state index is 12.2. The number of rotatable bonds is 7. The molecule has 0 saturated heterocycles. The molecule has 1 unspecified atom stereocenters. The Labute approximate surface area is 128 Å². The third kappa shape index (κ3) is 4.14. The van der Waals surface area contributed by atoms with Gasteiger partial charge in [0, 0.05) is 6.04 Å². The molecule has 1 N–H and O–H groups in total. The molecule has 2 aromatic heterocycles. The lowest BCUT2D eigenvalue weighted by molar-refractivity contribution is -0.122. The van der Waals surface area contributed by atoms with Crippen molar-refractivity contribution in [2.24, 2.45) is 0 Å². The van der Waals surface area contributed by atoms with Crippen LogP contribution in [-0.4, -0.2) is 21.5 Å². The van der Waals surface area contributed by atoms with E-state index in [-0.39, 0.29) is 24.1 Å². The molecule has 0 aliphatic carbocycles. The van der Waals surface area contributed by atoms with Gasteiger partial charge in [0.25, 0.3) is 5.56 Å². The quantitative estimate of drug-likeness (QED) is 0.800. The number of hydrogen-bond donors (Lipinski definition) is 1. The first-order valence-corrected chi connectivity index (χ1v) is 8.21. The minimum absolute atomic E-state index is 0.0235. The van der Waals surface area contributed by atoms with Crippen LogP contribution in [0, 0.1) is 0 Å². The van der Waals surface area contributed by atoms with Gasteiger partial charge in [-0.25, -0.2) is 4.98 Å². The molecule has 0 spiro atoms. The largest absolute Gasteiger partial charge is 0.352 e. The van der Waals surface area contributed by atoms with Gasteiger partial charge in [-0.1, -0.05) is 26.2 Å². The monoisotopic (exact) mass is 307 g/mol. The summed E-state index contributed by atoms with van der Waals surface area (Å²) in [6.07, 6.45) is 5.87. The molecule has 2 rings (SSSR count). The van der Waals surface area contributed by atoms with Gasteiger partial charge in [0.15, 0.2) is 0 Å². The summed E-state index contributed by atoms with van der Waals surface area (Å²) in [4.78, 5) is 29.1. The lowest BCUT2D eigenvalue weighted by Crippen LogP contribution is -2.37. The molecule has 0 aliphatic heterocycles. The Balaban J connectivity index is 1.95. The highest BCUT2D eigenvalue weighted by atomic mass is 32.1. The molecule has 0 radical (unpaired) electrons. The maximum Gasteiger partial charge on any atom is 0.262 e. The molecule has 1 amide bonds. The van der Waals surface area contributed by atoms with E-state index in [9.17, 15) is 9.59 Å². The maximum absolute atomic E-state index is 12.2. The SMILES string of the molecule is CCCCCC(C)NC(=O)Cn1cnc2sccc2c1=O. The van der Waals surface area contributed by atoms with Gasteiger partial charge in [0.05, 0.1) is 11.7 Å². The smallest absolute Gasteiger partial charge is 0.262 e. The van der Waals surface area contributed by atoms with Gasteiger partial charge in [0.2, 0.25) is 5.91 Å². The molecule has 0 bridgehead atoms. The van der Waals surface area contributed by atoms with Crippen molar-refractivity contribution in [2.75, 3.05) is 0 Å². The van der Waals surface area contributed by atoms with Crippen molar-refractivity contribution in [2.45, 2.75) is 52.1 Å². The number of nitrogens with one attached hydrogen (secondary N) is 1. The summed E-state index contributed by atoms with van der Waals surface area (Å²) in [5.74, 6) is -0.141. The number of carbonyl (C=O) groups is 1. The number of carbonyl (C=O) groups excluding carboxylic acids is 1. The van der Waals surface area contributed by atoms with E-state index in [0.717, 1.165) is 12.8 Å². The number of unbranched alkanes of at least 4 members (excludes halogenated alkanes) is 2. The van der Waals surface area contributed by atoms with Crippen LogP contribution in [0.3, 0.4) is 0 Å². The van der Waals surface area contributed by atoms with Crippen molar-refractivity contribution in [1.82, 2.24) is 14.9 Å². The predicted octanol–water partition coefficient (Wildman–Crippen LogP) is 2.54. The third-order valence-electron chi connectivity index (χ3n) is 3.41. The van der Waals surface area contributed by atoms with E-state index in [0.29, 0.717) is 10.2 Å². The summed E-state index contributed by atoms with van der Waals surface area (Å²) in [5.41, 5.74) is -0.157. The lowest BCUT2D eigenvalue weighted by Gasteiger charge is -2.14. The Morgan fingerprint density at radius 3 is 3.05 bits per heavy atom. The van der Waals surface area contributed by atoms with Gasteiger partial charge in [-0.15, -0.1) is 11.3 Å². The van der Waals surface area contributed by atoms with E-state index in [1.54, 1.807) is 6.07 Å². The fourth-order valence-corrected chi connectivity index (χ4v) is 2.98. The van der Waals surface area contributed by atoms with Gasteiger partial charge in [-0.05, 0) is 24.8 Å². The van der Waals surface area contributed by atoms with E-state index in [1.165, 1.54) is 35.1 Å². The Bertz CT molecular complexity index is 662. The lowest BCUT2D eigenvalue weighted by atomic mass is 10.1. The highest BCUT2D eigenvalue weighted by molar-refractivity contribution is 7.16. The summed E-state index contributed by atoms with van der Waals surface area (Å²) in [5, 5.41) is 5.34. The van der Waals surface area contributed by atoms with Crippen LogP contribution < -0.4 is 10.9 Å². The first kappa shape index (κ1) is 15.7. The fourth-order valence-electron chi connectivity index (χ4n) is 2.25. The van der Waals surface area contributed by atoms with E-state index >= 15 is 0 Å².